The summed E-state index contributed by atoms with van der Waals surface area (Å²) in [6.45, 7) is 5.13. The Kier molecular flexibility index (Phi) is 4.34. The monoisotopic (exact) mass is 156 g/mol. The van der Waals surface area contributed by atoms with Crippen molar-refractivity contribution in [3.05, 3.63) is 11.4 Å². The van der Waals surface area contributed by atoms with Crippen molar-refractivity contribution < 1.29 is 4.39 Å². The number of allylic oxidation sites excluding steroid dienone is 2. The molecule has 0 heterocycles. The van der Waals surface area contributed by atoms with Gasteiger partial charge in [-0.2, -0.15) is 0 Å². The van der Waals surface area contributed by atoms with Crippen molar-refractivity contribution in [1.29, 1.82) is 5.41 Å². The molecule has 0 aliphatic carbocycles. The minimum absolute atomic E-state index is 0.196. The van der Waals surface area contributed by atoms with Gasteiger partial charge in [-0.15, -0.1) is 0 Å². The number of hydrogen-bond acceptors (Lipinski definition) is 1. The number of hydrogen-bond donors (Lipinski definition) is 1. The van der Waals surface area contributed by atoms with E-state index in [1.165, 1.54) is 0 Å². The zero-order valence-corrected chi connectivity index (χ0v) is 7.11. The molecule has 0 atom stereocenters. The summed E-state index contributed by atoms with van der Waals surface area (Å²) in [7, 11) is 0. The predicted molar refractivity (Wildman–Crippen MR) is 46.0 cm³/mol. The second-order valence-corrected chi connectivity index (χ2v) is 2.41. The lowest BCUT2D eigenvalue weighted by atomic mass is 10.3. The van der Waals surface area contributed by atoms with Gasteiger partial charge in [-0.05, 0) is 19.4 Å². The lowest BCUT2D eigenvalue weighted by molar-refractivity contribution is 0.674. The lowest BCUT2D eigenvalue weighted by Crippen LogP contribution is -1.89. The third kappa shape index (κ3) is 4.42. The number of aliphatic imine (C=N–C) groups is 1. The van der Waals surface area contributed by atoms with Crippen molar-refractivity contribution in [3.8, 4) is 0 Å². The van der Waals surface area contributed by atoms with Crippen LogP contribution < -0.4 is 0 Å². The topological polar surface area (TPSA) is 36.2 Å². The molecule has 0 aromatic rings. The lowest BCUT2D eigenvalue weighted by Gasteiger charge is -1.91. The fourth-order valence-electron chi connectivity index (χ4n) is 0.355. The molecule has 0 saturated heterocycles. The van der Waals surface area contributed by atoms with Gasteiger partial charge in [-0.25, -0.2) is 9.38 Å². The summed E-state index contributed by atoms with van der Waals surface area (Å²) in [5, 5.41) is 7.08. The van der Waals surface area contributed by atoms with Crippen LogP contribution in [0.2, 0.25) is 0 Å². The van der Waals surface area contributed by atoms with E-state index >= 15 is 0 Å². The van der Waals surface area contributed by atoms with Crippen molar-refractivity contribution in [2.45, 2.75) is 27.2 Å². The summed E-state index contributed by atoms with van der Waals surface area (Å²) in [5.74, 6) is -0.162. The highest BCUT2D eigenvalue weighted by atomic mass is 19.1. The summed E-state index contributed by atoms with van der Waals surface area (Å²) in [5.41, 5.74) is 0.581. The maximum Gasteiger partial charge on any atom is 0.140 e. The molecule has 11 heavy (non-hydrogen) atoms. The Morgan fingerprint density at radius 1 is 1.55 bits per heavy atom. The van der Waals surface area contributed by atoms with Gasteiger partial charge in [0.2, 0.25) is 0 Å². The highest BCUT2D eigenvalue weighted by molar-refractivity contribution is 5.91. The molecule has 2 nitrogen and oxygen atoms in total. The van der Waals surface area contributed by atoms with E-state index < -0.39 is 0 Å². The van der Waals surface area contributed by atoms with Gasteiger partial charge in [0.05, 0.1) is 6.21 Å². The average Bonchev–Trinajstić information content (AvgIpc) is 1.99. The van der Waals surface area contributed by atoms with E-state index in [2.05, 4.69) is 4.99 Å². The normalized spacial score (nSPS) is 10.2. The smallest absolute Gasteiger partial charge is 0.140 e. The molecule has 0 saturated carbocycles. The minimum Gasteiger partial charge on any atom is -0.287 e. The molecular formula is C8H13FN2. The SMILES string of the molecule is CCC(=N)N=CC(F)=C(C)C. The largest absolute Gasteiger partial charge is 0.287 e. The number of halogens is 1. The van der Waals surface area contributed by atoms with Gasteiger partial charge in [0.1, 0.15) is 11.7 Å². The van der Waals surface area contributed by atoms with E-state index in [4.69, 9.17) is 5.41 Å². The van der Waals surface area contributed by atoms with Gasteiger partial charge < -0.3 is 0 Å². The van der Waals surface area contributed by atoms with Gasteiger partial charge >= 0.3 is 0 Å². The van der Waals surface area contributed by atoms with E-state index in [0.717, 1.165) is 6.21 Å². The van der Waals surface area contributed by atoms with Crippen molar-refractivity contribution in [3.63, 3.8) is 0 Å². The van der Waals surface area contributed by atoms with E-state index in [1.807, 2.05) is 0 Å². The highest BCUT2D eigenvalue weighted by Gasteiger charge is 1.92. The highest BCUT2D eigenvalue weighted by Crippen LogP contribution is 2.00. The van der Waals surface area contributed by atoms with Crippen molar-refractivity contribution >= 4 is 12.1 Å². The molecule has 0 aliphatic heterocycles. The molecule has 62 valence electrons. The molecule has 1 N–H and O–H groups in total. The maximum absolute atomic E-state index is 12.7. The van der Waals surface area contributed by atoms with Crippen molar-refractivity contribution in [1.82, 2.24) is 0 Å². The predicted octanol–water partition coefficient (Wildman–Crippen LogP) is 2.71. The van der Waals surface area contributed by atoms with Crippen LogP contribution in [0.25, 0.3) is 0 Å². The summed E-state index contributed by atoms with van der Waals surface area (Å²) >= 11 is 0. The van der Waals surface area contributed by atoms with Gasteiger partial charge in [0, 0.05) is 6.42 Å². The molecule has 0 rings (SSSR count). The van der Waals surface area contributed by atoms with Crippen LogP contribution in [-0.4, -0.2) is 12.1 Å². The quantitative estimate of drug-likeness (QED) is 0.471. The van der Waals surface area contributed by atoms with Crippen LogP contribution in [0.4, 0.5) is 4.39 Å². The first-order chi connectivity index (χ1) is 5.07. The average molecular weight is 156 g/mol. The zero-order chi connectivity index (χ0) is 8.85. The Morgan fingerprint density at radius 2 is 2.09 bits per heavy atom. The van der Waals surface area contributed by atoms with Crippen LogP contribution in [0.15, 0.2) is 16.4 Å². The first kappa shape index (κ1) is 10.0. The third-order valence-electron chi connectivity index (χ3n) is 1.15. The number of rotatable bonds is 2. The molecule has 0 amide bonds. The standard InChI is InChI=1S/C8H13FN2/c1-4-8(10)11-5-7(9)6(2)3/h5,10H,4H2,1-3H3. The van der Waals surface area contributed by atoms with Crippen LogP contribution in [0, 0.1) is 5.41 Å². The Labute approximate surface area is 66.4 Å². The molecule has 0 spiro atoms. The van der Waals surface area contributed by atoms with E-state index in [1.54, 1.807) is 20.8 Å². The summed E-state index contributed by atoms with van der Waals surface area (Å²) < 4.78 is 12.7. The van der Waals surface area contributed by atoms with E-state index in [9.17, 15) is 4.39 Å². The van der Waals surface area contributed by atoms with Crippen LogP contribution >= 0.6 is 0 Å². The Bertz CT molecular complexity index is 200. The minimum atomic E-state index is -0.358. The fourth-order valence-corrected chi connectivity index (χ4v) is 0.355. The molecule has 0 bridgehead atoms. The molecule has 3 heteroatoms. The summed E-state index contributed by atoms with van der Waals surface area (Å²) in [6.07, 6.45) is 1.62. The van der Waals surface area contributed by atoms with E-state index in [0.29, 0.717) is 12.0 Å². The Hall–Kier alpha value is -0.990. The van der Waals surface area contributed by atoms with Crippen LogP contribution in [-0.2, 0) is 0 Å². The summed E-state index contributed by atoms with van der Waals surface area (Å²) in [6, 6.07) is 0. The van der Waals surface area contributed by atoms with Gasteiger partial charge in [0.25, 0.3) is 0 Å². The molecule has 0 aromatic carbocycles. The second kappa shape index (κ2) is 4.77. The van der Waals surface area contributed by atoms with E-state index in [-0.39, 0.29) is 11.7 Å². The van der Waals surface area contributed by atoms with Crippen molar-refractivity contribution in [2.75, 3.05) is 0 Å². The van der Waals surface area contributed by atoms with Gasteiger partial charge in [-0.3, -0.25) is 5.41 Å². The van der Waals surface area contributed by atoms with Gasteiger partial charge in [0.15, 0.2) is 0 Å². The Balaban J connectivity index is 4.15. The molecule has 0 aromatic heterocycles. The van der Waals surface area contributed by atoms with Gasteiger partial charge in [-0.1, -0.05) is 6.92 Å². The fraction of sp³-hybridized carbons (Fsp3) is 0.500. The Morgan fingerprint density at radius 3 is 2.45 bits per heavy atom. The van der Waals surface area contributed by atoms with Crippen molar-refractivity contribution in [2.24, 2.45) is 4.99 Å². The second-order valence-electron chi connectivity index (χ2n) is 2.41. The molecular weight excluding hydrogens is 143 g/mol. The zero-order valence-electron chi connectivity index (χ0n) is 7.11. The number of nitrogens with zero attached hydrogens (tertiary/aromatic N) is 1. The molecule has 0 aliphatic rings. The van der Waals surface area contributed by atoms with Crippen LogP contribution in [0.1, 0.15) is 27.2 Å². The first-order valence-electron chi connectivity index (χ1n) is 3.52. The molecule has 0 fully saturated rings. The third-order valence-corrected chi connectivity index (χ3v) is 1.15. The number of nitrogens with one attached hydrogen (secondary N) is 1. The molecule has 0 unspecified atom stereocenters. The van der Waals surface area contributed by atoms with Crippen LogP contribution in [0.5, 0.6) is 0 Å². The number of amidine groups is 1. The first-order valence-corrected chi connectivity index (χ1v) is 3.52. The molecule has 0 radical (unpaired) electrons. The summed E-state index contributed by atoms with van der Waals surface area (Å²) in [4.78, 5) is 3.59. The van der Waals surface area contributed by atoms with Crippen LogP contribution in [0.3, 0.4) is 0 Å². The maximum atomic E-state index is 12.7.